The van der Waals surface area contributed by atoms with Gasteiger partial charge in [0.25, 0.3) is 5.91 Å². The SMILES string of the molecule is CSCCC(NC(=O)c1ccccc1Cl)C(=O)OCC(=O)C12CC3CC(CC(C3)C1)C2. The summed E-state index contributed by atoms with van der Waals surface area (Å²) in [7, 11) is 0. The third-order valence-electron chi connectivity index (χ3n) is 7.29. The minimum Gasteiger partial charge on any atom is -0.456 e. The molecule has 4 aliphatic rings. The number of ketones is 1. The highest BCUT2D eigenvalue weighted by Gasteiger charge is 2.54. The van der Waals surface area contributed by atoms with E-state index in [0.29, 0.717) is 40.5 Å². The average molecular weight is 464 g/mol. The number of amides is 1. The van der Waals surface area contributed by atoms with E-state index in [4.69, 9.17) is 16.3 Å². The van der Waals surface area contributed by atoms with E-state index in [2.05, 4.69) is 5.32 Å². The van der Waals surface area contributed by atoms with E-state index in [-0.39, 0.29) is 17.8 Å². The van der Waals surface area contributed by atoms with Crippen LogP contribution in [-0.4, -0.2) is 42.3 Å². The standard InChI is InChI=1S/C24H30ClNO4S/c1-31-7-6-20(26-22(28)18-4-2-3-5-19(18)25)23(29)30-14-21(27)24-11-15-8-16(12-24)10-17(9-15)13-24/h2-5,15-17,20H,6-14H2,1H3,(H,26,28). The largest absolute Gasteiger partial charge is 0.456 e. The van der Waals surface area contributed by atoms with E-state index in [1.807, 2.05) is 6.26 Å². The first-order chi connectivity index (χ1) is 14.9. The maximum Gasteiger partial charge on any atom is 0.329 e. The van der Waals surface area contributed by atoms with Crippen molar-refractivity contribution in [3.8, 4) is 0 Å². The molecule has 5 nitrogen and oxygen atoms in total. The molecule has 1 aromatic rings. The maximum atomic E-state index is 13.1. The average Bonchev–Trinajstić information content (AvgIpc) is 2.73. The second-order valence-corrected chi connectivity index (χ2v) is 10.9. The van der Waals surface area contributed by atoms with E-state index in [1.54, 1.807) is 36.0 Å². The van der Waals surface area contributed by atoms with Crippen LogP contribution in [0.3, 0.4) is 0 Å². The van der Waals surface area contributed by atoms with Crippen LogP contribution in [0.15, 0.2) is 24.3 Å². The van der Waals surface area contributed by atoms with Crippen molar-refractivity contribution in [1.82, 2.24) is 5.32 Å². The molecule has 4 bridgehead atoms. The molecule has 1 atom stereocenters. The van der Waals surface area contributed by atoms with Crippen LogP contribution >= 0.6 is 23.4 Å². The molecule has 4 fully saturated rings. The van der Waals surface area contributed by atoms with Crippen LogP contribution in [0.2, 0.25) is 5.02 Å². The fourth-order valence-electron chi connectivity index (χ4n) is 6.21. The van der Waals surface area contributed by atoms with Crippen LogP contribution in [0, 0.1) is 23.2 Å². The van der Waals surface area contributed by atoms with Crippen LogP contribution in [0.5, 0.6) is 0 Å². The summed E-state index contributed by atoms with van der Waals surface area (Å²) in [5.41, 5.74) is 0.0284. The van der Waals surface area contributed by atoms with E-state index >= 15 is 0 Å². The molecule has 0 heterocycles. The van der Waals surface area contributed by atoms with Gasteiger partial charge in [0.15, 0.2) is 12.4 Å². The summed E-state index contributed by atoms with van der Waals surface area (Å²) < 4.78 is 5.47. The Labute approximate surface area is 193 Å². The van der Waals surface area contributed by atoms with Gasteiger partial charge in [-0.2, -0.15) is 11.8 Å². The Kier molecular flexibility index (Phi) is 6.97. The van der Waals surface area contributed by atoms with Gasteiger partial charge in [-0.1, -0.05) is 23.7 Å². The van der Waals surface area contributed by atoms with Gasteiger partial charge in [-0.25, -0.2) is 4.79 Å². The summed E-state index contributed by atoms with van der Waals surface area (Å²) in [5, 5.41) is 3.07. The summed E-state index contributed by atoms with van der Waals surface area (Å²) in [5.74, 6) is 1.78. The molecule has 0 aromatic heterocycles. The molecule has 4 aliphatic carbocycles. The lowest BCUT2D eigenvalue weighted by molar-refractivity contribution is -0.158. The monoisotopic (exact) mass is 463 g/mol. The molecule has 31 heavy (non-hydrogen) atoms. The number of benzene rings is 1. The first-order valence-electron chi connectivity index (χ1n) is 11.1. The molecule has 0 radical (unpaired) electrons. The van der Waals surface area contributed by atoms with Crippen molar-refractivity contribution in [2.45, 2.75) is 51.0 Å². The van der Waals surface area contributed by atoms with Crippen molar-refractivity contribution in [1.29, 1.82) is 0 Å². The summed E-state index contributed by atoms with van der Waals surface area (Å²) in [6.07, 6.45) is 9.01. The summed E-state index contributed by atoms with van der Waals surface area (Å²) in [6, 6.07) is 5.91. The first kappa shape index (κ1) is 22.7. The number of carbonyl (C=O) groups is 3. The topological polar surface area (TPSA) is 72.5 Å². The molecule has 1 unspecified atom stereocenters. The molecular weight excluding hydrogens is 434 g/mol. The number of thioether (sulfide) groups is 1. The number of Topliss-reactive ketones (excluding diaryl/α,β-unsaturated/α-hetero) is 1. The predicted octanol–water partition coefficient (Wildman–Crippen LogP) is 4.52. The van der Waals surface area contributed by atoms with Crippen molar-refractivity contribution >= 4 is 41.0 Å². The van der Waals surface area contributed by atoms with Gasteiger partial charge < -0.3 is 10.1 Å². The van der Waals surface area contributed by atoms with Crippen LogP contribution in [0.25, 0.3) is 0 Å². The zero-order chi connectivity index (χ0) is 22.0. The fourth-order valence-corrected chi connectivity index (χ4v) is 6.90. The molecule has 0 aliphatic heterocycles. The number of hydrogen-bond acceptors (Lipinski definition) is 5. The smallest absolute Gasteiger partial charge is 0.329 e. The number of carbonyl (C=O) groups excluding carboxylic acids is 3. The predicted molar refractivity (Wildman–Crippen MR) is 122 cm³/mol. The van der Waals surface area contributed by atoms with Gasteiger partial charge in [-0.15, -0.1) is 0 Å². The van der Waals surface area contributed by atoms with Crippen LogP contribution in [0.1, 0.15) is 55.3 Å². The minimum atomic E-state index is -0.805. The number of rotatable bonds is 9. The lowest BCUT2D eigenvalue weighted by Gasteiger charge is -2.55. The quantitative estimate of drug-likeness (QED) is 0.545. The van der Waals surface area contributed by atoms with Gasteiger partial charge in [0.1, 0.15) is 6.04 Å². The summed E-state index contributed by atoms with van der Waals surface area (Å²) in [4.78, 5) is 38.6. The second kappa shape index (κ2) is 9.53. The van der Waals surface area contributed by atoms with Gasteiger partial charge >= 0.3 is 5.97 Å². The van der Waals surface area contributed by atoms with Crippen molar-refractivity contribution in [3.05, 3.63) is 34.9 Å². The number of halogens is 1. The lowest BCUT2D eigenvalue weighted by Crippen LogP contribution is -2.51. The maximum absolute atomic E-state index is 13.1. The molecule has 7 heteroatoms. The van der Waals surface area contributed by atoms with Gasteiger partial charge in [0.05, 0.1) is 10.6 Å². The Morgan fingerprint density at radius 1 is 1.13 bits per heavy atom. The zero-order valence-corrected chi connectivity index (χ0v) is 19.5. The molecule has 1 N–H and O–H groups in total. The Morgan fingerprint density at radius 3 is 2.32 bits per heavy atom. The van der Waals surface area contributed by atoms with Crippen LogP contribution in [-0.2, 0) is 14.3 Å². The van der Waals surface area contributed by atoms with Crippen molar-refractivity contribution in [2.75, 3.05) is 18.6 Å². The Morgan fingerprint density at radius 2 is 1.74 bits per heavy atom. The number of esters is 1. The summed E-state index contributed by atoms with van der Waals surface area (Å²) in [6.45, 7) is -0.192. The van der Waals surface area contributed by atoms with Crippen LogP contribution in [0.4, 0.5) is 0 Å². The second-order valence-electron chi connectivity index (χ2n) is 9.52. The van der Waals surface area contributed by atoms with Gasteiger partial charge in [0, 0.05) is 5.41 Å². The van der Waals surface area contributed by atoms with E-state index in [1.165, 1.54) is 19.3 Å². The van der Waals surface area contributed by atoms with Gasteiger partial charge in [-0.05, 0) is 86.8 Å². The van der Waals surface area contributed by atoms with Crippen LogP contribution < -0.4 is 5.32 Å². The third kappa shape index (κ3) is 4.95. The molecule has 1 aromatic carbocycles. The fraction of sp³-hybridized carbons (Fsp3) is 0.625. The minimum absolute atomic E-state index is 0.0704. The van der Waals surface area contributed by atoms with Gasteiger partial charge in [0.2, 0.25) is 0 Å². The number of ether oxygens (including phenoxy) is 1. The molecular formula is C24H30ClNO4S. The van der Waals surface area contributed by atoms with E-state index in [9.17, 15) is 14.4 Å². The molecule has 0 saturated heterocycles. The number of nitrogens with one attached hydrogen (secondary N) is 1. The molecule has 4 saturated carbocycles. The molecule has 5 rings (SSSR count). The lowest BCUT2D eigenvalue weighted by atomic mass is 9.48. The van der Waals surface area contributed by atoms with Gasteiger partial charge in [-0.3, -0.25) is 9.59 Å². The zero-order valence-electron chi connectivity index (χ0n) is 17.9. The van der Waals surface area contributed by atoms with Crippen molar-refractivity contribution in [3.63, 3.8) is 0 Å². The van der Waals surface area contributed by atoms with Crippen molar-refractivity contribution in [2.24, 2.45) is 23.2 Å². The highest BCUT2D eigenvalue weighted by atomic mass is 35.5. The van der Waals surface area contributed by atoms with E-state index < -0.39 is 17.9 Å². The van der Waals surface area contributed by atoms with E-state index in [0.717, 1.165) is 19.3 Å². The number of hydrogen-bond donors (Lipinski definition) is 1. The molecule has 0 spiro atoms. The summed E-state index contributed by atoms with van der Waals surface area (Å²) >= 11 is 7.70. The first-order valence-corrected chi connectivity index (χ1v) is 12.9. The third-order valence-corrected chi connectivity index (χ3v) is 8.27. The normalized spacial score (nSPS) is 29.4. The molecule has 1 amide bonds. The molecule has 168 valence electrons. The highest BCUT2D eigenvalue weighted by Crippen LogP contribution is 2.60. The Bertz CT molecular complexity index is 822. The Balaban J connectivity index is 1.37. The van der Waals surface area contributed by atoms with Crippen molar-refractivity contribution < 1.29 is 19.1 Å². The highest BCUT2D eigenvalue weighted by molar-refractivity contribution is 7.98. The Hall–Kier alpha value is -1.53.